The first-order chi connectivity index (χ1) is 11.3. The summed E-state index contributed by atoms with van der Waals surface area (Å²) in [7, 11) is 1.27. The van der Waals surface area contributed by atoms with Gasteiger partial charge in [-0.3, -0.25) is 0 Å². The van der Waals surface area contributed by atoms with Crippen molar-refractivity contribution >= 4 is 0 Å². The van der Waals surface area contributed by atoms with Gasteiger partial charge in [0.2, 0.25) is 0 Å². The van der Waals surface area contributed by atoms with Crippen LogP contribution in [0.25, 0.3) is 0 Å². The zero-order valence-corrected chi connectivity index (χ0v) is 13.5. The van der Waals surface area contributed by atoms with Crippen LogP contribution in [0, 0.1) is 5.92 Å². The molecule has 10 heteroatoms. The van der Waals surface area contributed by atoms with Crippen molar-refractivity contribution in [2.75, 3.05) is 20.3 Å². The molecule has 0 spiro atoms. The van der Waals surface area contributed by atoms with Crippen LogP contribution in [0.4, 0.5) is 0 Å². The number of hydrogen-bond acceptors (Lipinski definition) is 10. The Bertz CT molecular complexity index is 392. The number of aliphatic hydroxyl groups excluding tert-OH is 6. The molecule has 0 radical (unpaired) electrons. The van der Waals surface area contributed by atoms with Crippen LogP contribution in [0.5, 0.6) is 0 Å². The monoisotopic (exact) mass is 354 g/mol. The molecule has 0 saturated carbocycles. The highest BCUT2D eigenvalue weighted by Gasteiger charge is 2.49. The lowest BCUT2D eigenvalue weighted by Gasteiger charge is -2.46. The van der Waals surface area contributed by atoms with E-state index in [1.54, 1.807) is 6.92 Å². The molecule has 2 aliphatic heterocycles. The first-order valence-corrected chi connectivity index (χ1v) is 7.78. The number of aliphatic hydroxyl groups is 6. The minimum absolute atomic E-state index is 0.396. The van der Waals surface area contributed by atoms with Crippen molar-refractivity contribution in [3.05, 3.63) is 0 Å². The number of ether oxygens (including phenoxy) is 4. The van der Waals surface area contributed by atoms with Gasteiger partial charge in [0.1, 0.15) is 30.5 Å². The van der Waals surface area contributed by atoms with Gasteiger partial charge < -0.3 is 49.6 Å². The Morgan fingerprint density at radius 1 is 0.792 bits per heavy atom. The Morgan fingerprint density at radius 3 is 1.88 bits per heavy atom. The molecule has 2 saturated heterocycles. The maximum Gasteiger partial charge on any atom is 0.187 e. The van der Waals surface area contributed by atoms with Crippen molar-refractivity contribution in [3.8, 4) is 0 Å². The van der Waals surface area contributed by atoms with Gasteiger partial charge in [0.05, 0.1) is 25.4 Å². The van der Waals surface area contributed by atoms with Crippen molar-refractivity contribution < 1.29 is 49.6 Å². The molecule has 0 unspecified atom stereocenters. The highest BCUT2D eigenvalue weighted by molar-refractivity contribution is 4.93. The van der Waals surface area contributed by atoms with Crippen LogP contribution in [-0.2, 0) is 18.9 Å². The Kier molecular flexibility index (Phi) is 6.90. The standard InChI is InChI=1S/C14H26O10/c1-5-6(3-15)22-14(10(19)8(5)17)24-12-7(4-16)23-13(21-2)11(20)9(12)18/h5-20H,3-4H2,1-2H3/t5-,6-,7+,8+,9+,10+,11+,12-,13-,14+/m1/s1. The first-order valence-electron chi connectivity index (χ1n) is 7.78. The molecule has 2 heterocycles. The van der Waals surface area contributed by atoms with E-state index in [2.05, 4.69) is 0 Å². The van der Waals surface area contributed by atoms with E-state index in [0.29, 0.717) is 0 Å². The van der Waals surface area contributed by atoms with Crippen LogP contribution in [-0.4, -0.2) is 106 Å². The first kappa shape index (κ1) is 19.9. The third-order valence-electron chi connectivity index (χ3n) is 4.59. The summed E-state index contributed by atoms with van der Waals surface area (Å²) in [5, 5.41) is 59.0. The van der Waals surface area contributed by atoms with E-state index >= 15 is 0 Å². The van der Waals surface area contributed by atoms with E-state index < -0.39 is 74.4 Å². The lowest BCUT2D eigenvalue weighted by Crippen LogP contribution is -2.63. The molecule has 142 valence electrons. The van der Waals surface area contributed by atoms with E-state index in [9.17, 15) is 30.6 Å². The maximum absolute atomic E-state index is 10.2. The van der Waals surface area contributed by atoms with Gasteiger partial charge in [-0.05, 0) is 0 Å². The molecular formula is C14H26O10. The minimum Gasteiger partial charge on any atom is -0.394 e. The third kappa shape index (κ3) is 3.73. The molecule has 6 N–H and O–H groups in total. The zero-order valence-electron chi connectivity index (χ0n) is 13.5. The van der Waals surface area contributed by atoms with Gasteiger partial charge in [0.25, 0.3) is 0 Å². The predicted molar refractivity (Wildman–Crippen MR) is 76.6 cm³/mol. The quantitative estimate of drug-likeness (QED) is 0.293. The van der Waals surface area contributed by atoms with Crippen LogP contribution >= 0.6 is 0 Å². The second-order valence-electron chi connectivity index (χ2n) is 6.11. The zero-order chi connectivity index (χ0) is 18.0. The SMILES string of the molecule is CO[C@@H]1O[C@@H](CO)[C@@H](O[C@@H]2O[C@H](CO)[C@@H](C)[C@H](O)[C@@H]2O)[C@@H](O)[C@@H]1O. The molecular weight excluding hydrogens is 328 g/mol. The van der Waals surface area contributed by atoms with E-state index in [1.807, 2.05) is 0 Å². The van der Waals surface area contributed by atoms with Crippen LogP contribution in [0.2, 0.25) is 0 Å². The fourth-order valence-electron chi connectivity index (χ4n) is 2.96. The molecule has 0 aromatic heterocycles. The topological polar surface area (TPSA) is 158 Å². The minimum atomic E-state index is -1.49. The summed E-state index contributed by atoms with van der Waals surface area (Å²) >= 11 is 0. The molecule has 0 bridgehead atoms. The second-order valence-corrected chi connectivity index (χ2v) is 6.11. The Labute approximate surface area is 139 Å². The summed E-state index contributed by atoms with van der Waals surface area (Å²) < 4.78 is 21.1. The van der Waals surface area contributed by atoms with Gasteiger partial charge in [-0.1, -0.05) is 6.92 Å². The normalized spacial score (nSPS) is 50.0. The molecule has 24 heavy (non-hydrogen) atoms. The van der Waals surface area contributed by atoms with Crippen molar-refractivity contribution in [3.63, 3.8) is 0 Å². The fraction of sp³-hybridized carbons (Fsp3) is 1.00. The largest absolute Gasteiger partial charge is 0.394 e. The van der Waals surface area contributed by atoms with Crippen LogP contribution in [0.1, 0.15) is 6.92 Å². The summed E-state index contributed by atoms with van der Waals surface area (Å²) in [6.07, 6.45) is -11.2. The summed E-state index contributed by atoms with van der Waals surface area (Å²) in [5.74, 6) is -0.533. The Hall–Kier alpha value is -0.400. The van der Waals surface area contributed by atoms with Crippen LogP contribution in [0.3, 0.4) is 0 Å². The molecule has 2 aliphatic rings. The molecule has 0 aliphatic carbocycles. The molecule has 0 aromatic rings. The third-order valence-corrected chi connectivity index (χ3v) is 4.59. The Morgan fingerprint density at radius 2 is 1.33 bits per heavy atom. The fourth-order valence-corrected chi connectivity index (χ4v) is 2.96. The molecule has 0 amide bonds. The van der Waals surface area contributed by atoms with Crippen molar-refractivity contribution in [2.24, 2.45) is 5.92 Å². The summed E-state index contributed by atoms with van der Waals surface area (Å²) in [6, 6.07) is 0. The number of hydrogen-bond donors (Lipinski definition) is 6. The van der Waals surface area contributed by atoms with Gasteiger partial charge >= 0.3 is 0 Å². The van der Waals surface area contributed by atoms with Gasteiger partial charge in [-0.25, -0.2) is 0 Å². The highest BCUT2D eigenvalue weighted by Crippen LogP contribution is 2.31. The lowest BCUT2D eigenvalue weighted by molar-refractivity contribution is -0.353. The molecule has 2 rings (SSSR count). The molecule has 0 aromatic carbocycles. The average Bonchev–Trinajstić information content (AvgIpc) is 2.59. The maximum atomic E-state index is 10.2. The van der Waals surface area contributed by atoms with Crippen molar-refractivity contribution in [1.29, 1.82) is 0 Å². The van der Waals surface area contributed by atoms with Crippen LogP contribution in [0.15, 0.2) is 0 Å². The van der Waals surface area contributed by atoms with Gasteiger partial charge in [0, 0.05) is 13.0 Å². The van der Waals surface area contributed by atoms with E-state index in [1.165, 1.54) is 7.11 Å². The predicted octanol–water partition coefficient (Wildman–Crippen LogP) is -3.47. The molecule has 10 nitrogen and oxygen atoms in total. The summed E-state index contributed by atoms with van der Waals surface area (Å²) in [6.45, 7) is 0.666. The number of rotatable bonds is 5. The van der Waals surface area contributed by atoms with Crippen LogP contribution < -0.4 is 0 Å². The number of methoxy groups -OCH3 is 1. The summed E-state index contributed by atoms with van der Waals surface area (Å²) in [4.78, 5) is 0. The van der Waals surface area contributed by atoms with Gasteiger partial charge in [-0.2, -0.15) is 0 Å². The van der Waals surface area contributed by atoms with Gasteiger partial charge in [0.15, 0.2) is 12.6 Å². The second kappa shape index (κ2) is 8.32. The smallest absolute Gasteiger partial charge is 0.187 e. The van der Waals surface area contributed by atoms with Crippen molar-refractivity contribution in [1.82, 2.24) is 0 Å². The molecule has 2 fully saturated rings. The van der Waals surface area contributed by atoms with E-state index in [4.69, 9.17) is 18.9 Å². The van der Waals surface area contributed by atoms with E-state index in [0.717, 1.165) is 0 Å². The van der Waals surface area contributed by atoms with Gasteiger partial charge in [-0.15, -0.1) is 0 Å². The van der Waals surface area contributed by atoms with Crippen molar-refractivity contribution in [2.45, 2.75) is 62.2 Å². The van der Waals surface area contributed by atoms with E-state index in [-0.39, 0.29) is 0 Å². The lowest BCUT2D eigenvalue weighted by atomic mass is 9.91. The molecule has 10 atom stereocenters. The Balaban J connectivity index is 2.12. The average molecular weight is 354 g/mol. The summed E-state index contributed by atoms with van der Waals surface area (Å²) in [5.41, 5.74) is 0. The highest BCUT2D eigenvalue weighted by atomic mass is 16.7.